The maximum atomic E-state index is 6.48. The summed E-state index contributed by atoms with van der Waals surface area (Å²) in [6.07, 6.45) is 12.4. The van der Waals surface area contributed by atoms with Crippen molar-refractivity contribution in [1.29, 1.82) is 0 Å². The highest BCUT2D eigenvalue weighted by Gasteiger charge is 2.42. The fourth-order valence-corrected chi connectivity index (χ4v) is 5.97. The maximum Gasteiger partial charge on any atom is 0.215 e. The lowest BCUT2D eigenvalue weighted by Crippen LogP contribution is -2.27. The summed E-state index contributed by atoms with van der Waals surface area (Å²) >= 11 is 0. The first-order valence-corrected chi connectivity index (χ1v) is 14.0. The Morgan fingerprint density at radius 1 is 0.775 bits per heavy atom. The average Bonchev–Trinajstić information content (AvgIpc) is 3.56. The number of oxazole rings is 2. The Labute approximate surface area is 236 Å². The standard InChI is InChI=1S/C36H36N2O2/c1-34(2,3)24-35(4,5)27-17-18-31-29(23-27)38-33(40-31)36(32-37-28-13-9-10-14-30(28)39-32)21-19-26(20-22-36)16-15-25-11-7-6-8-12-25/h6-21,23H,22,24H2,1-5H3. The SMILES string of the molecule is CC(C)(C)CC(C)(C)c1ccc2oc(C3(c4nc5ccccc5o4)C=CC(C=Cc4ccccc4)=CC3)nc2c1. The predicted octanol–water partition coefficient (Wildman–Crippen LogP) is 9.57. The zero-order valence-corrected chi connectivity index (χ0v) is 23.9. The molecular weight excluding hydrogens is 492 g/mol. The van der Waals surface area contributed by atoms with Gasteiger partial charge in [-0.25, -0.2) is 9.97 Å². The maximum absolute atomic E-state index is 6.48. The van der Waals surface area contributed by atoms with Crippen molar-refractivity contribution >= 4 is 28.3 Å². The van der Waals surface area contributed by atoms with Gasteiger partial charge in [0, 0.05) is 0 Å². The Morgan fingerprint density at radius 3 is 2.12 bits per heavy atom. The lowest BCUT2D eigenvalue weighted by atomic mass is 9.72. The normalized spacial score (nSPS) is 18.2. The molecule has 40 heavy (non-hydrogen) atoms. The van der Waals surface area contributed by atoms with E-state index in [0.717, 1.165) is 39.8 Å². The lowest BCUT2D eigenvalue weighted by molar-refractivity contribution is 0.284. The van der Waals surface area contributed by atoms with Gasteiger partial charge in [-0.1, -0.05) is 114 Å². The van der Waals surface area contributed by atoms with Crippen molar-refractivity contribution in [3.05, 3.63) is 126 Å². The first-order chi connectivity index (χ1) is 19.1. The second-order valence-corrected chi connectivity index (χ2v) is 12.8. The van der Waals surface area contributed by atoms with Gasteiger partial charge in [0.2, 0.25) is 11.8 Å². The van der Waals surface area contributed by atoms with Crippen molar-refractivity contribution < 1.29 is 8.83 Å². The summed E-state index contributed by atoms with van der Waals surface area (Å²) in [5, 5.41) is 0. The van der Waals surface area contributed by atoms with Gasteiger partial charge in [-0.3, -0.25) is 0 Å². The molecule has 0 N–H and O–H groups in total. The molecule has 5 aromatic rings. The van der Waals surface area contributed by atoms with E-state index in [9.17, 15) is 0 Å². The molecule has 3 aromatic carbocycles. The van der Waals surface area contributed by atoms with Crippen LogP contribution in [-0.4, -0.2) is 9.97 Å². The first-order valence-electron chi connectivity index (χ1n) is 14.0. The molecule has 1 unspecified atom stereocenters. The van der Waals surface area contributed by atoms with E-state index in [1.165, 1.54) is 5.56 Å². The van der Waals surface area contributed by atoms with Crippen molar-refractivity contribution in [2.24, 2.45) is 5.41 Å². The summed E-state index contributed by atoms with van der Waals surface area (Å²) in [6, 6.07) is 24.6. The van der Waals surface area contributed by atoms with Crippen LogP contribution in [0, 0.1) is 5.41 Å². The van der Waals surface area contributed by atoms with E-state index in [1.807, 2.05) is 42.5 Å². The molecule has 6 rings (SSSR count). The zero-order chi connectivity index (χ0) is 28.0. The monoisotopic (exact) mass is 528 g/mol. The summed E-state index contributed by atoms with van der Waals surface area (Å²) in [4.78, 5) is 9.98. The Hall–Kier alpha value is -4.18. The van der Waals surface area contributed by atoms with E-state index in [1.54, 1.807) is 0 Å². The van der Waals surface area contributed by atoms with Gasteiger partial charge in [0.15, 0.2) is 11.2 Å². The molecule has 2 aromatic heterocycles. The largest absolute Gasteiger partial charge is 0.439 e. The summed E-state index contributed by atoms with van der Waals surface area (Å²) < 4.78 is 12.8. The molecule has 4 nitrogen and oxygen atoms in total. The molecule has 0 bridgehead atoms. The van der Waals surface area contributed by atoms with Crippen molar-refractivity contribution in [1.82, 2.24) is 9.97 Å². The smallest absolute Gasteiger partial charge is 0.215 e. The second-order valence-electron chi connectivity index (χ2n) is 12.8. The van der Waals surface area contributed by atoms with Crippen molar-refractivity contribution in [2.45, 2.75) is 58.3 Å². The summed E-state index contributed by atoms with van der Waals surface area (Å²) in [5.74, 6) is 1.19. The van der Waals surface area contributed by atoms with E-state index >= 15 is 0 Å². The molecule has 4 heteroatoms. The highest BCUT2D eigenvalue weighted by Crippen LogP contribution is 2.43. The number of rotatable bonds is 6. The molecule has 202 valence electrons. The molecule has 0 fully saturated rings. The van der Waals surface area contributed by atoms with Crippen LogP contribution in [0.15, 0.2) is 112 Å². The van der Waals surface area contributed by atoms with Crippen LogP contribution in [0.1, 0.15) is 70.4 Å². The molecule has 0 spiro atoms. The fraction of sp³-hybridized carbons (Fsp3) is 0.278. The van der Waals surface area contributed by atoms with Crippen LogP contribution in [0.5, 0.6) is 0 Å². The molecule has 0 saturated heterocycles. The van der Waals surface area contributed by atoms with Crippen molar-refractivity contribution in [3.8, 4) is 0 Å². The van der Waals surface area contributed by atoms with Crippen LogP contribution in [0.25, 0.3) is 28.3 Å². The number of benzene rings is 3. The Bertz CT molecular complexity index is 1730. The third kappa shape index (κ3) is 5.06. The molecular formula is C36H36N2O2. The van der Waals surface area contributed by atoms with Gasteiger partial charge in [0.05, 0.1) is 0 Å². The number of hydrogen-bond acceptors (Lipinski definition) is 4. The van der Waals surface area contributed by atoms with Crippen LogP contribution in [0.4, 0.5) is 0 Å². The highest BCUT2D eigenvalue weighted by atomic mass is 16.4. The van der Waals surface area contributed by atoms with E-state index in [0.29, 0.717) is 18.2 Å². The van der Waals surface area contributed by atoms with Gasteiger partial charge in [0.1, 0.15) is 16.4 Å². The second kappa shape index (κ2) is 9.78. The predicted molar refractivity (Wildman–Crippen MR) is 163 cm³/mol. The molecule has 1 atom stereocenters. The molecule has 2 heterocycles. The van der Waals surface area contributed by atoms with Gasteiger partial charge in [-0.15, -0.1) is 0 Å². The quantitative estimate of drug-likeness (QED) is 0.220. The van der Waals surface area contributed by atoms with Gasteiger partial charge >= 0.3 is 0 Å². The summed E-state index contributed by atoms with van der Waals surface area (Å²) in [6.45, 7) is 11.5. The van der Waals surface area contributed by atoms with E-state index in [2.05, 4.69) is 95.3 Å². The number of hydrogen-bond donors (Lipinski definition) is 0. The number of para-hydroxylation sites is 2. The van der Waals surface area contributed by atoms with E-state index in [4.69, 9.17) is 18.8 Å². The topological polar surface area (TPSA) is 52.1 Å². The molecule has 1 aliphatic rings. The fourth-order valence-electron chi connectivity index (χ4n) is 5.97. The minimum absolute atomic E-state index is 0.0109. The van der Waals surface area contributed by atoms with Crippen LogP contribution < -0.4 is 0 Å². The minimum atomic E-state index is -0.747. The van der Waals surface area contributed by atoms with Crippen molar-refractivity contribution in [2.75, 3.05) is 0 Å². The van der Waals surface area contributed by atoms with Crippen LogP contribution in [0.3, 0.4) is 0 Å². The number of fused-ring (bicyclic) bond motifs is 2. The Balaban J connectivity index is 1.41. The summed E-state index contributed by atoms with van der Waals surface area (Å²) in [7, 11) is 0. The zero-order valence-electron chi connectivity index (χ0n) is 23.9. The number of aromatic nitrogens is 2. The molecule has 0 saturated carbocycles. The van der Waals surface area contributed by atoms with Crippen LogP contribution in [0.2, 0.25) is 0 Å². The van der Waals surface area contributed by atoms with Gasteiger partial charge in [-0.05, 0) is 64.6 Å². The highest BCUT2D eigenvalue weighted by molar-refractivity contribution is 5.75. The average molecular weight is 529 g/mol. The van der Waals surface area contributed by atoms with E-state index < -0.39 is 5.41 Å². The first kappa shape index (κ1) is 26.1. The van der Waals surface area contributed by atoms with E-state index in [-0.39, 0.29) is 10.8 Å². The lowest BCUT2D eigenvalue weighted by Gasteiger charge is -2.32. The van der Waals surface area contributed by atoms with Gasteiger partial charge < -0.3 is 8.83 Å². The van der Waals surface area contributed by atoms with Crippen LogP contribution >= 0.6 is 0 Å². The Kier molecular flexibility index (Phi) is 6.37. The Morgan fingerprint density at radius 2 is 1.45 bits per heavy atom. The molecule has 0 aliphatic heterocycles. The third-order valence-electron chi connectivity index (χ3n) is 7.69. The van der Waals surface area contributed by atoms with Crippen LogP contribution in [-0.2, 0) is 10.8 Å². The van der Waals surface area contributed by atoms with Crippen molar-refractivity contribution in [3.63, 3.8) is 0 Å². The van der Waals surface area contributed by atoms with Gasteiger partial charge in [0.25, 0.3) is 0 Å². The van der Waals surface area contributed by atoms with Gasteiger partial charge in [-0.2, -0.15) is 0 Å². The number of allylic oxidation sites excluding steroid dienone is 5. The minimum Gasteiger partial charge on any atom is -0.439 e. The molecule has 0 amide bonds. The third-order valence-corrected chi connectivity index (χ3v) is 7.69. The molecule has 1 aliphatic carbocycles. The molecule has 0 radical (unpaired) electrons. The number of nitrogens with zero attached hydrogens (tertiary/aromatic N) is 2. The summed E-state index contributed by atoms with van der Waals surface area (Å²) in [5.41, 5.74) is 6.24.